The molecule has 1 atom stereocenters. The van der Waals surface area contributed by atoms with Gasteiger partial charge >= 0.3 is 6.18 Å². The maximum Gasteiger partial charge on any atom is 0.416 e. The van der Waals surface area contributed by atoms with Gasteiger partial charge in [0.25, 0.3) is 0 Å². The number of benzene rings is 1. The summed E-state index contributed by atoms with van der Waals surface area (Å²) in [7, 11) is 0. The molecule has 1 unspecified atom stereocenters. The largest absolute Gasteiger partial charge is 0.416 e. The minimum atomic E-state index is -4.34. The second-order valence-corrected chi connectivity index (χ2v) is 5.69. The average molecular weight is 324 g/mol. The molecule has 1 aliphatic rings. The second-order valence-electron chi connectivity index (χ2n) is 4.83. The van der Waals surface area contributed by atoms with Crippen LogP contribution in [0, 0.1) is 0 Å². The summed E-state index contributed by atoms with van der Waals surface area (Å²) in [5, 5.41) is 9.86. The molecule has 1 saturated heterocycles. The van der Waals surface area contributed by atoms with Crippen LogP contribution in [0.3, 0.4) is 0 Å². The Morgan fingerprint density at radius 3 is 2.50 bits per heavy atom. The van der Waals surface area contributed by atoms with Crippen LogP contribution in [0.5, 0.6) is 0 Å². The molecule has 0 spiro atoms. The highest BCUT2D eigenvalue weighted by molar-refractivity contribution is 9.10. The predicted octanol–water partition coefficient (Wildman–Crippen LogP) is 3.43. The van der Waals surface area contributed by atoms with Crippen molar-refractivity contribution in [2.75, 3.05) is 18.0 Å². The molecule has 1 heterocycles. The molecular formula is C12H13BrF3NO. The first-order valence-corrected chi connectivity index (χ1v) is 6.32. The Kier molecular flexibility index (Phi) is 3.36. The number of rotatable bonds is 1. The van der Waals surface area contributed by atoms with E-state index >= 15 is 0 Å². The lowest BCUT2D eigenvalue weighted by atomic mass is 10.1. The van der Waals surface area contributed by atoms with E-state index in [4.69, 9.17) is 0 Å². The quantitative estimate of drug-likeness (QED) is 0.856. The van der Waals surface area contributed by atoms with Crippen LogP contribution in [-0.2, 0) is 6.18 Å². The molecule has 18 heavy (non-hydrogen) atoms. The fraction of sp³-hybridized carbons (Fsp3) is 0.500. The summed E-state index contributed by atoms with van der Waals surface area (Å²) in [4.78, 5) is 1.88. The maximum absolute atomic E-state index is 12.5. The summed E-state index contributed by atoms with van der Waals surface area (Å²) in [6.07, 6.45) is -3.72. The summed E-state index contributed by atoms with van der Waals surface area (Å²) in [6, 6.07) is 3.57. The Morgan fingerprint density at radius 2 is 2.06 bits per heavy atom. The molecule has 0 aliphatic carbocycles. The minimum Gasteiger partial charge on any atom is -0.388 e. The number of β-amino-alcohol motifs (C(OH)–C–C–N with tert-alkyl or cyclic N) is 1. The van der Waals surface area contributed by atoms with E-state index in [0.717, 1.165) is 12.1 Å². The van der Waals surface area contributed by atoms with Crippen molar-refractivity contribution in [1.82, 2.24) is 0 Å². The summed E-state index contributed by atoms with van der Waals surface area (Å²) in [5.74, 6) is 0. The zero-order valence-corrected chi connectivity index (χ0v) is 11.3. The van der Waals surface area contributed by atoms with Crippen molar-refractivity contribution in [3.8, 4) is 0 Å². The highest BCUT2D eigenvalue weighted by Gasteiger charge is 2.34. The van der Waals surface area contributed by atoms with Crippen LogP contribution < -0.4 is 4.90 Å². The summed E-state index contributed by atoms with van der Waals surface area (Å²) in [5.41, 5.74) is -0.771. The highest BCUT2D eigenvalue weighted by Crippen LogP contribution is 2.37. The molecule has 1 aliphatic heterocycles. The maximum atomic E-state index is 12.5. The van der Waals surface area contributed by atoms with Gasteiger partial charge < -0.3 is 10.0 Å². The average Bonchev–Trinajstić information content (AvgIpc) is 2.57. The van der Waals surface area contributed by atoms with Crippen LogP contribution in [0.2, 0.25) is 0 Å². The third kappa shape index (κ3) is 2.80. The Balaban J connectivity index is 2.26. The third-order valence-corrected chi connectivity index (χ3v) is 3.70. The van der Waals surface area contributed by atoms with E-state index in [1.165, 1.54) is 6.07 Å². The van der Waals surface area contributed by atoms with E-state index in [2.05, 4.69) is 15.9 Å². The normalized spacial score (nSPS) is 24.7. The van der Waals surface area contributed by atoms with Gasteiger partial charge in [0.2, 0.25) is 0 Å². The summed E-state index contributed by atoms with van der Waals surface area (Å²) >= 11 is 3.16. The molecule has 0 radical (unpaired) electrons. The number of aliphatic hydroxyl groups is 1. The molecule has 1 fully saturated rings. The van der Waals surface area contributed by atoms with Crippen molar-refractivity contribution < 1.29 is 18.3 Å². The van der Waals surface area contributed by atoms with Gasteiger partial charge in [-0.1, -0.05) is 0 Å². The first kappa shape index (κ1) is 13.7. The Labute approximate surface area is 112 Å². The van der Waals surface area contributed by atoms with E-state index in [9.17, 15) is 18.3 Å². The molecule has 0 aromatic heterocycles. The molecule has 0 saturated carbocycles. The fourth-order valence-corrected chi connectivity index (χ4v) is 2.72. The molecule has 2 rings (SSSR count). The Morgan fingerprint density at radius 1 is 1.39 bits per heavy atom. The van der Waals surface area contributed by atoms with Gasteiger partial charge in [-0.25, -0.2) is 0 Å². The molecule has 0 bridgehead atoms. The zero-order valence-electron chi connectivity index (χ0n) is 9.76. The number of hydrogen-bond donors (Lipinski definition) is 1. The van der Waals surface area contributed by atoms with Gasteiger partial charge in [0.05, 0.1) is 16.9 Å². The monoisotopic (exact) mass is 323 g/mol. The predicted molar refractivity (Wildman–Crippen MR) is 66.6 cm³/mol. The fourth-order valence-electron chi connectivity index (χ4n) is 2.09. The molecule has 1 N–H and O–H groups in total. The van der Waals surface area contributed by atoms with Gasteiger partial charge in [0.1, 0.15) is 0 Å². The van der Waals surface area contributed by atoms with Gasteiger partial charge in [-0.3, -0.25) is 0 Å². The lowest BCUT2D eigenvalue weighted by molar-refractivity contribution is -0.137. The molecular weight excluding hydrogens is 311 g/mol. The lowest BCUT2D eigenvalue weighted by Gasteiger charge is -2.22. The molecule has 6 heteroatoms. The van der Waals surface area contributed by atoms with Crippen LogP contribution >= 0.6 is 15.9 Å². The van der Waals surface area contributed by atoms with Crippen LogP contribution in [0.1, 0.15) is 18.9 Å². The van der Waals surface area contributed by atoms with Crippen LogP contribution in [0.25, 0.3) is 0 Å². The second kappa shape index (κ2) is 4.42. The summed E-state index contributed by atoms with van der Waals surface area (Å²) < 4.78 is 38.0. The molecule has 1 aromatic carbocycles. The first-order valence-electron chi connectivity index (χ1n) is 5.53. The Bertz CT molecular complexity index is 459. The van der Waals surface area contributed by atoms with Gasteiger partial charge in [0, 0.05) is 17.6 Å². The van der Waals surface area contributed by atoms with Crippen molar-refractivity contribution in [2.24, 2.45) is 0 Å². The number of nitrogens with zero attached hydrogens (tertiary/aromatic N) is 1. The van der Waals surface area contributed by atoms with Gasteiger partial charge in [-0.05, 0) is 47.5 Å². The van der Waals surface area contributed by atoms with E-state index in [1.807, 2.05) is 4.90 Å². The van der Waals surface area contributed by atoms with Crippen molar-refractivity contribution >= 4 is 21.6 Å². The van der Waals surface area contributed by atoms with Crippen molar-refractivity contribution in [3.05, 3.63) is 28.2 Å². The van der Waals surface area contributed by atoms with Crippen molar-refractivity contribution in [3.63, 3.8) is 0 Å². The van der Waals surface area contributed by atoms with E-state index in [0.29, 0.717) is 29.7 Å². The highest BCUT2D eigenvalue weighted by atomic mass is 79.9. The standard InChI is InChI=1S/C12H13BrF3NO/c1-11(18)4-5-17(7-11)10-3-2-8(6-9(10)13)12(14,15)16/h2-3,6,18H,4-5,7H2,1H3. The van der Waals surface area contributed by atoms with Gasteiger partial charge in [-0.15, -0.1) is 0 Å². The van der Waals surface area contributed by atoms with Gasteiger partial charge in [-0.2, -0.15) is 13.2 Å². The zero-order chi connectivity index (χ0) is 13.6. The molecule has 0 amide bonds. The van der Waals surface area contributed by atoms with E-state index < -0.39 is 17.3 Å². The SMILES string of the molecule is CC1(O)CCN(c2ccc(C(F)(F)F)cc2Br)C1. The number of halogens is 4. The summed E-state index contributed by atoms with van der Waals surface area (Å²) in [6.45, 7) is 2.79. The van der Waals surface area contributed by atoms with Crippen molar-refractivity contribution in [1.29, 1.82) is 0 Å². The lowest BCUT2D eigenvalue weighted by Crippen LogP contribution is -2.29. The topological polar surface area (TPSA) is 23.5 Å². The first-order chi connectivity index (χ1) is 8.19. The molecule has 100 valence electrons. The van der Waals surface area contributed by atoms with Gasteiger partial charge in [0.15, 0.2) is 0 Å². The smallest absolute Gasteiger partial charge is 0.388 e. The number of anilines is 1. The van der Waals surface area contributed by atoms with Crippen LogP contribution in [0.4, 0.5) is 18.9 Å². The van der Waals surface area contributed by atoms with Crippen LogP contribution in [-0.4, -0.2) is 23.8 Å². The third-order valence-electron chi connectivity index (χ3n) is 3.07. The Hall–Kier alpha value is -0.750. The molecule has 2 nitrogen and oxygen atoms in total. The van der Waals surface area contributed by atoms with E-state index in [-0.39, 0.29) is 0 Å². The molecule has 1 aromatic rings. The van der Waals surface area contributed by atoms with E-state index in [1.54, 1.807) is 6.92 Å². The number of hydrogen-bond acceptors (Lipinski definition) is 2. The van der Waals surface area contributed by atoms with Crippen molar-refractivity contribution in [2.45, 2.75) is 25.1 Å². The minimum absolute atomic E-state index is 0.398. The van der Waals surface area contributed by atoms with Crippen LogP contribution in [0.15, 0.2) is 22.7 Å². The number of alkyl halides is 3.